The van der Waals surface area contributed by atoms with E-state index in [1.54, 1.807) is 13.3 Å². The monoisotopic (exact) mass is 247 g/mol. The van der Waals surface area contributed by atoms with E-state index >= 15 is 0 Å². The third kappa shape index (κ3) is 11.4. The molecule has 0 amide bonds. The van der Waals surface area contributed by atoms with Crippen LogP contribution in [0.1, 0.15) is 60.3 Å². The van der Waals surface area contributed by atoms with Crippen LogP contribution in [0.15, 0.2) is 34.9 Å². The highest BCUT2D eigenvalue weighted by molar-refractivity contribution is 5.86. The summed E-state index contributed by atoms with van der Waals surface area (Å²) in [5, 5.41) is 0. The summed E-state index contributed by atoms with van der Waals surface area (Å²) in [7, 11) is 0. The Balaban J connectivity index is 3.89. The first-order valence-electron chi connectivity index (χ1n) is 6.72. The maximum Gasteiger partial charge on any atom is 0.137 e. The van der Waals surface area contributed by atoms with Crippen molar-refractivity contribution in [1.29, 1.82) is 0 Å². The van der Waals surface area contributed by atoms with E-state index in [-0.39, 0.29) is 5.78 Å². The summed E-state index contributed by atoms with van der Waals surface area (Å²) in [5.74, 6) is 0.114. The number of carbonyl (C=O) groups excluding carboxylic acids is 1. The zero-order valence-electron chi connectivity index (χ0n) is 12.5. The standard InChI is InChI=1S/C17H27O/c1-14(2)8-6-9-15(3)10-7-11-16(4)12-13-17(5)18/h8,10,12-13H,6-7,9,11H2,1-5H3. The number of hydrogen-bond donors (Lipinski definition) is 0. The van der Waals surface area contributed by atoms with Crippen molar-refractivity contribution in [2.24, 2.45) is 0 Å². The molecule has 0 N–H and O–H groups in total. The minimum absolute atomic E-state index is 0.114. The fraction of sp³-hybridized carbons (Fsp3) is 0.529. The van der Waals surface area contributed by atoms with E-state index in [2.05, 4.69) is 39.8 Å². The second-order valence-electron chi connectivity index (χ2n) is 5.20. The van der Waals surface area contributed by atoms with Crippen LogP contribution in [0.3, 0.4) is 0 Å². The van der Waals surface area contributed by atoms with Crippen LogP contribution in [-0.2, 0) is 4.79 Å². The number of ketones is 1. The molecule has 0 spiro atoms. The van der Waals surface area contributed by atoms with Gasteiger partial charge in [-0.3, -0.25) is 4.79 Å². The summed E-state index contributed by atoms with van der Waals surface area (Å²) in [6, 6.07) is 0. The van der Waals surface area contributed by atoms with Crippen LogP contribution in [0.5, 0.6) is 0 Å². The van der Waals surface area contributed by atoms with Gasteiger partial charge < -0.3 is 0 Å². The molecule has 0 rings (SSSR count). The summed E-state index contributed by atoms with van der Waals surface area (Å²) < 4.78 is 0. The van der Waals surface area contributed by atoms with E-state index in [4.69, 9.17) is 0 Å². The Kier molecular flexibility index (Phi) is 9.26. The highest BCUT2D eigenvalue weighted by atomic mass is 16.1. The number of allylic oxidation sites excluding steroid dienone is 6. The minimum Gasteiger partial charge on any atom is -0.299 e. The van der Waals surface area contributed by atoms with Crippen LogP contribution in [0.2, 0.25) is 0 Å². The lowest BCUT2D eigenvalue weighted by Gasteiger charge is -2.01. The molecule has 0 bridgehead atoms. The normalized spacial score (nSPS) is 12.5. The Morgan fingerprint density at radius 1 is 0.833 bits per heavy atom. The number of Topliss-reactive ketones (excluding diaryl/α,β-unsaturated/α-hetero) is 1. The smallest absolute Gasteiger partial charge is 0.137 e. The van der Waals surface area contributed by atoms with Crippen molar-refractivity contribution in [2.45, 2.75) is 60.3 Å². The van der Waals surface area contributed by atoms with Gasteiger partial charge in [-0.1, -0.05) is 34.9 Å². The Bertz CT molecular complexity index is 339. The Morgan fingerprint density at radius 2 is 1.39 bits per heavy atom. The van der Waals surface area contributed by atoms with Gasteiger partial charge in [0.15, 0.2) is 0 Å². The summed E-state index contributed by atoms with van der Waals surface area (Å²) in [6.45, 7) is 10.1. The first kappa shape index (κ1) is 16.9. The van der Waals surface area contributed by atoms with Gasteiger partial charge in [0.2, 0.25) is 0 Å². The molecule has 0 fully saturated rings. The molecule has 0 aliphatic rings. The van der Waals surface area contributed by atoms with E-state index in [1.165, 1.54) is 16.7 Å². The van der Waals surface area contributed by atoms with Crippen molar-refractivity contribution in [3.8, 4) is 0 Å². The van der Waals surface area contributed by atoms with Crippen LogP contribution in [0.25, 0.3) is 0 Å². The van der Waals surface area contributed by atoms with Gasteiger partial charge in [-0.25, -0.2) is 0 Å². The summed E-state index contributed by atoms with van der Waals surface area (Å²) in [5.41, 5.74) is 4.11. The fourth-order valence-electron chi connectivity index (χ4n) is 1.58. The van der Waals surface area contributed by atoms with E-state index in [1.807, 2.05) is 6.08 Å². The van der Waals surface area contributed by atoms with Crippen LogP contribution in [0, 0.1) is 6.42 Å². The van der Waals surface area contributed by atoms with Crippen molar-refractivity contribution in [1.82, 2.24) is 0 Å². The van der Waals surface area contributed by atoms with Crippen molar-refractivity contribution in [3.05, 3.63) is 41.4 Å². The van der Waals surface area contributed by atoms with E-state index in [0.29, 0.717) is 0 Å². The predicted molar refractivity (Wildman–Crippen MR) is 80.4 cm³/mol. The van der Waals surface area contributed by atoms with Gasteiger partial charge in [0.1, 0.15) is 5.78 Å². The highest BCUT2D eigenvalue weighted by Gasteiger charge is 1.93. The molecule has 0 saturated carbocycles. The van der Waals surface area contributed by atoms with Gasteiger partial charge in [0.05, 0.1) is 0 Å². The van der Waals surface area contributed by atoms with Gasteiger partial charge in [0.25, 0.3) is 0 Å². The molecule has 0 aliphatic carbocycles. The topological polar surface area (TPSA) is 17.1 Å². The lowest BCUT2D eigenvalue weighted by Crippen LogP contribution is -1.88. The first-order chi connectivity index (χ1) is 8.41. The number of hydrogen-bond acceptors (Lipinski definition) is 1. The third-order valence-corrected chi connectivity index (χ3v) is 2.73. The molecule has 0 heterocycles. The molecule has 1 radical (unpaired) electrons. The zero-order chi connectivity index (χ0) is 14.0. The SMILES string of the molecule is CC(=O)[CH]C=C(C)CCC=C(C)CCC=C(C)C. The van der Waals surface area contributed by atoms with Crippen molar-refractivity contribution >= 4 is 5.78 Å². The molecule has 101 valence electrons. The van der Waals surface area contributed by atoms with Gasteiger partial charge in [-0.05, 0) is 60.3 Å². The molecule has 1 nitrogen and oxygen atoms in total. The maximum atomic E-state index is 10.8. The lowest BCUT2D eigenvalue weighted by molar-refractivity contribution is -0.113. The highest BCUT2D eigenvalue weighted by Crippen LogP contribution is 2.11. The van der Waals surface area contributed by atoms with E-state index in [9.17, 15) is 4.79 Å². The average Bonchev–Trinajstić information content (AvgIpc) is 2.25. The fourth-order valence-corrected chi connectivity index (χ4v) is 1.58. The van der Waals surface area contributed by atoms with E-state index in [0.717, 1.165) is 25.7 Å². The van der Waals surface area contributed by atoms with Crippen molar-refractivity contribution < 1.29 is 4.79 Å². The molecule has 0 atom stereocenters. The molecule has 0 aromatic rings. The largest absolute Gasteiger partial charge is 0.299 e. The van der Waals surface area contributed by atoms with Gasteiger partial charge in [-0.2, -0.15) is 0 Å². The summed E-state index contributed by atoms with van der Waals surface area (Å²) >= 11 is 0. The molecule has 0 aliphatic heterocycles. The lowest BCUT2D eigenvalue weighted by atomic mass is 10.1. The maximum absolute atomic E-state index is 10.8. The molecule has 18 heavy (non-hydrogen) atoms. The Labute approximate surface area is 113 Å². The number of rotatable bonds is 8. The molecular formula is C17H27O. The molecule has 0 aromatic carbocycles. The van der Waals surface area contributed by atoms with Crippen LogP contribution < -0.4 is 0 Å². The van der Waals surface area contributed by atoms with Crippen LogP contribution >= 0.6 is 0 Å². The van der Waals surface area contributed by atoms with Crippen LogP contribution in [-0.4, -0.2) is 5.78 Å². The van der Waals surface area contributed by atoms with Crippen molar-refractivity contribution in [3.63, 3.8) is 0 Å². The molecule has 0 saturated heterocycles. The minimum atomic E-state index is 0.114. The van der Waals surface area contributed by atoms with Gasteiger partial charge in [-0.15, -0.1) is 0 Å². The molecule has 0 aromatic heterocycles. The number of carbonyl (C=O) groups is 1. The van der Waals surface area contributed by atoms with Crippen molar-refractivity contribution in [2.75, 3.05) is 0 Å². The quantitative estimate of drug-likeness (QED) is 0.539. The Hall–Kier alpha value is -1.11. The van der Waals surface area contributed by atoms with Gasteiger partial charge >= 0.3 is 0 Å². The van der Waals surface area contributed by atoms with E-state index < -0.39 is 0 Å². The second-order valence-corrected chi connectivity index (χ2v) is 5.20. The molecule has 0 unspecified atom stereocenters. The first-order valence-corrected chi connectivity index (χ1v) is 6.72. The molecule has 1 heteroatoms. The third-order valence-electron chi connectivity index (χ3n) is 2.73. The Morgan fingerprint density at radius 3 is 1.94 bits per heavy atom. The summed E-state index contributed by atoms with van der Waals surface area (Å²) in [4.78, 5) is 10.8. The molecular weight excluding hydrogens is 220 g/mol. The predicted octanol–water partition coefficient (Wildman–Crippen LogP) is 5.20. The van der Waals surface area contributed by atoms with Crippen LogP contribution in [0.4, 0.5) is 0 Å². The van der Waals surface area contributed by atoms with Gasteiger partial charge in [0, 0.05) is 6.42 Å². The second kappa shape index (κ2) is 9.87. The zero-order valence-corrected chi connectivity index (χ0v) is 12.5. The summed E-state index contributed by atoms with van der Waals surface area (Å²) in [6.07, 6.45) is 12.5. The average molecular weight is 247 g/mol.